The number of carbonyl (C=O) groups is 1. The standard InChI is InChI=1S/C12H16N4O/c1-4-6-14(2)11-5-7-16(12(11)17)10-8-13-15(3)9-10/h1,8-9,11H,5-7H2,2-3H3/t11-/m0/s1. The number of rotatable bonds is 3. The van der Waals surface area contributed by atoms with Crippen LogP contribution in [0.5, 0.6) is 0 Å². The summed E-state index contributed by atoms with van der Waals surface area (Å²) in [5.41, 5.74) is 0.856. The molecule has 1 aliphatic heterocycles. The average molecular weight is 232 g/mol. The number of amides is 1. The Hall–Kier alpha value is -1.80. The van der Waals surface area contributed by atoms with Gasteiger partial charge in [-0.1, -0.05) is 5.92 Å². The molecule has 1 saturated heterocycles. The van der Waals surface area contributed by atoms with Gasteiger partial charge in [-0.2, -0.15) is 5.10 Å². The molecule has 1 aromatic rings. The number of aryl methyl sites for hydroxylation is 1. The van der Waals surface area contributed by atoms with Gasteiger partial charge < -0.3 is 4.90 Å². The highest BCUT2D eigenvalue weighted by Crippen LogP contribution is 2.22. The zero-order valence-electron chi connectivity index (χ0n) is 10.1. The first-order valence-electron chi connectivity index (χ1n) is 5.57. The molecule has 1 fully saturated rings. The number of nitrogens with zero attached hydrogens (tertiary/aromatic N) is 4. The van der Waals surface area contributed by atoms with E-state index < -0.39 is 0 Å². The van der Waals surface area contributed by atoms with Crippen molar-refractivity contribution >= 4 is 11.6 Å². The van der Waals surface area contributed by atoms with Crippen molar-refractivity contribution in [2.75, 3.05) is 25.0 Å². The van der Waals surface area contributed by atoms with E-state index in [-0.39, 0.29) is 11.9 Å². The molecule has 1 atom stereocenters. The molecule has 0 aliphatic carbocycles. The van der Waals surface area contributed by atoms with Crippen LogP contribution in [-0.4, -0.2) is 46.8 Å². The molecule has 0 unspecified atom stereocenters. The zero-order chi connectivity index (χ0) is 12.4. The number of anilines is 1. The van der Waals surface area contributed by atoms with E-state index in [0.29, 0.717) is 6.54 Å². The molecule has 0 N–H and O–H groups in total. The number of hydrogen-bond acceptors (Lipinski definition) is 3. The first kappa shape index (κ1) is 11.7. The third kappa shape index (κ3) is 2.17. The van der Waals surface area contributed by atoms with Crippen LogP contribution in [0.15, 0.2) is 12.4 Å². The third-order valence-electron chi connectivity index (χ3n) is 3.05. The molecule has 90 valence electrons. The van der Waals surface area contributed by atoms with Crippen LogP contribution in [0.25, 0.3) is 0 Å². The Morgan fingerprint density at radius 3 is 3.06 bits per heavy atom. The third-order valence-corrected chi connectivity index (χ3v) is 3.05. The minimum absolute atomic E-state index is 0.105. The Kier molecular flexibility index (Phi) is 3.16. The smallest absolute Gasteiger partial charge is 0.244 e. The number of hydrogen-bond donors (Lipinski definition) is 0. The van der Waals surface area contributed by atoms with Gasteiger partial charge in [-0.15, -0.1) is 6.42 Å². The van der Waals surface area contributed by atoms with Gasteiger partial charge in [0.05, 0.1) is 24.5 Å². The van der Waals surface area contributed by atoms with Gasteiger partial charge in [0, 0.05) is 19.8 Å². The molecule has 1 amide bonds. The van der Waals surface area contributed by atoms with Crippen molar-refractivity contribution in [3.63, 3.8) is 0 Å². The molecular formula is C12H16N4O. The van der Waals surface area contributed by atoms with E-state index in [1.165, 1.54) is 0 Å². The summed E-state index contributed by atoms with van der Waals surface area (Å²) in [5.74, 6) is 2.67. The van der Waals surface area contributed by atoms with E-state index in [0.717, 1.165) is 18.7 Å². The van der Waals surface area contributed by atoms with Crippen molar-refractivity contribution in [3.05, 3.63) is 12.4 Å². The van der Waals surface area contributed by atoms with E-state index in [1.807, 2.05) is 25.2 Å². The second-order valence-corrected chi connectivity index (χ2v) is 4.29. The van der Waals surface area contributed by atoms with Gasteiger partial charge in [-0.05, 0) is 13.5 Å². The highest BCUT2D eigenvalue weighted by molar-refractivity contribution is 5.99. The van der Waals surface area contributed by atoms with Crippen molar-refractivity contribution in [3.8, 4) is 12.3 Å². The highest BCUT2D eigenvalue weighted by Gasteiger charge is 2.35. The van der Waals surface area contributed by atoms with Crippen LogP contribution in [0.2, 0.25) is 0 Å². The summed E-state index contributed by atoms with van der Waals surface area (Å²) in [6.45, 7) is 1.22. The van der Waals surface area contributed by atoms with Crippen molar-refractivity contribution < 1.29 is 4.79 Å². The number of aromatic nitrogens is 2. The molecule has 0 spiro atoms. The first-order valence-corrected chi connectivity index (χ1v) is 5.57. The predicted octanol–water partition coefficient (Wildman–Crippen LogP) is 0.0904. The van der Waals surface area contributed by atoms with E-state index in [4.69, 9.17) is 6.42 Å². The number of terminal acetylenes is 1. The van der Waals surface area contributed by atoms with E-state index in [9.17, 15) is 4.79 Å². The number of carbonyl (C=O) groups excluding carboxylic acids is 1. The van der Waals surface area contributed by atoms with Crippen LogP contribution >= 0.6 is 0 Å². The normalized spacial score (nSPS) is 20.0. The van der Waals surface area contributed by atoms with Crippen LogP contribution in [0, 0.1) is 12.3 Å². The molecule has 5 heteroatoms. The second kappa shape index (κ2) is 4.60. The van der Waals surface area contributed by atoms with Gasteiger partial charge in [0.25, 0.3) is 0 Å². The summed E-state index contributed by atoms with van der Waals surface area (Å²) in [6, 6.07) is -0.105. The fraction of sp³-hybridized carbons (Fsp3) is 0.500. The largest absolute Gasteiger partial charge is 0.308 e. The summed E-state index contributed by atoms with van der Waals surface area (Å²) in [5, 5.41) is 4.08. The average Bonchev–Trinajstić information content (AvgIpc) is 2.85. The molecule has 0 radical (unpaired) electrons. The molecule has 0 aromatic carbocycles. The fourth-order valence-corrected chi connectivity index (χ4v) is 2.13. The van der Waals surface area contributed by atoms with Crippen LogP contribution in [-0.2, 0) is 11.8 Å². The summed E-state index contributed by atoms with van der Waals surface area (Å²) in [7, 11) is 3.72. The molecule has 17 heavy (non-hydrogen) atoms. The lowest BCUT2D eigenvalue weighted by molar-refractivity contribution is -0.121. The van der Waals surface area contributed by atoms with Crippen LogP contribution in [0.3, 0.4) is 0 Å². The fourth-order valence-electron chi connectivity index (χ4n) is 2.13. The Balaban J connectivity index is 2.10. The van der Waals surface area contributed by atoms with Gasteiger partial charge in [0.2, 0.25) is 5.91 Å². The Labute approximate surface area is 101 Å². The van der Waals surface area contributed by atoms with Crippen LogP contribution < -0.4 is 4.90 Å². The maximum atomic E-state index is 12.2. The van der Waals surface area contributed by atoms with Crippen LogP contribution in [0.1, 0.15) is 6.42 Å². The molecule has 0 saturated carbocycles. The summed E-state index contributed by atoms with van der Waals surface area (Å²) in [6.07, 6.45) is 9.63. The zero-order valence-corrected chi connectivity index (χ0v) is 10.1. The molecular weight excluding hydrogens is 216 g/mol. The minimum atomic E-state index is -0.105. The minimum Gasteiger partial charge on any atom is -0.308 e. The first-order chi connectivity index (χ1) is 8.13. The van der Waals surface area contributed by atoms with Crippen molar-refractivity contribution in [1.82, 2.24) is 14.7 Å². The summed E-state index contributed by atoms with van der Waals surface area (Å²) < 4.78 is 1.70. The Morgan fingerprint density at radius 2 is 2.47 bits per heavy atom. The van der Waals surface area contributed by atoms with E-state index in [1.54, 1.807) is 15.8 Å². The molecule has 2 heterocycles. The van der Waals surface area contributed by atoms with E-state index >= 15 is 0 Å². The summed E-state index contributed by atoms with van der Waals surface area (Å²) in [4.78, 5) is 15.9. The monoisotopic (exact) mass is 232 g/mol. The Bertz CT molecular complexity index is 459. The molecule has 0 bridgehead atoms. The van der Waals surface area contributed by atoms with Crippen molar-refractivity contribution in [1.29, 1.82) is 0 Å². The summed E-state index contributed by atoms with van der Waals surface area (Å²) >= 11 is 0. The van der Waals surface area contributed by atoms with Crippen molar-refractivity contribution in [2.24, 2.45) is 7.05 Å². The predicted molar refractivity (Wildman–Crippen MR) is 65.4 cm³/mol. The van der Waals surface area contributed by atoms with Crippen LogP contribution in [0.4, 0.5) is 5.69 Å². The molecule has 5 nitrogen and oxygen atoms in total. The lowest BCUT2D eigenvalue weighted by Crippen LogP contribution is -2.39. The van der Waals surface area contributed by atoms with Gasteiger partial charge in [-0.25, -0.2) is 0 Å². The maximum absolute atomic E-state index is 12.2. The lowest BCUT2D eigenvalue weighted by Gasteiger charge is -2.20. The number of likely N-dealkylation sites (N-methyl/N-ethyl adjacent to an activating group) is 1. The second-order valence-electron chi connectivity index (χ2n) is 4.29. The molecule has 1 aromatic heterocycles. The van der Waals surface area contributed by atoms with E-state index in [2.05, 4.69) is 11.0 Å². The van der Waals surface area contributed by atoms with Gasteiger partial charge >= 0.3 is 0 Å². The SMILES string of the molecule is C#CCN(C)[C@H]1CCN(c2cnn(C)c2)C1=O. The quantitative estimate of drug-likeness (QED) is 0.694. The molecule has 2 rings (SSSR count). The topological polar surface area (TPSA) is 41.4 Å². The van der Waals surface area contributed by atoms with Gasteiger partial charge in [0.15, 0.2) is 0 Å². The lowest BCUT2D eigenvalue weighted by atomic mass is 10.2. The van der Waals surface area contributed by atoms with Gasteiger partial charge in [0.1, 0.15) is 0 Å². The highest BCUT2D eigenvalue weighted by atomic mass is 16.2. The van der Waals surface area contributed by atoms with Crippen molar-refractivity contribution in [2.45, 2.75) is 12.5 Å². The maximum Gasteiger partial charge on any atom is 0.244 e. The molecule has 1 aliphatic rings. The Morgan fingerprint density at radius 1 is 1.71 bits per heavy atom. The van der Waals surface area contributed by atoms with Gasteiger partial charge in [-0.3, -0.25) is 14.4 Å².